The number of aromatic nitrogens is 1. The van der Waals surface area contributed by atoms with E-state index in [2.05, 4.69) is 15.2 Å². The van der Waals surface area contributed by atoms with Gasteiger partial charge in [0.05, 0.1) is 4.90 Å². The highest BCUT2D eigenvalue weighted by molar-refractivity contribution is 7.92. The van der Waals surface area contributed by atoms with Crippen molar-refractivity contribution in [2.45, 2.75) is 31.8 Å². The van der Waals surface area contributed by atoms with Gasteiger partial charge in [-0.2, -0.15) is 0 Å². The minimum absolute atomic E-state index is 0.0281. The van der Waals surface area contributed by atoms with Crippen molar-refractivity contribution in [3.05, 3.63) is 65.9 Å². The van der Waals surface area contributed by atoms with Crippen LogP contribution in [0, 0.1) is 13.8 Å². The summed E-state index contributed by atoms with van der Waals surface area (Å²) < 4.78 is 37.6. The zero-order chi connectivity index (χ0) is 21.0. The SMILES string of the molecule is Cc1cc(NS(=O)(=O)c2ccc(NC(=O)C(C)Oc3ccccc3C)cc2)no1. The van der Waals surface area contributed by atoms with Gasteiger partial charge in [0.15, 0.2) is 11.9 Å². The number of rotatable bonds is 7. The van der Waals surface area contributed by atoms with E-state index < -0.39 is 16.1 Å². The maximum absolute atomic E-state index is 12.4. The van der Waals surface area contributed by atoms with Gasteiger partial charge in [-0.3, -0.25) is 9.52 Å². The fourth-order valence-corrected chi connectivity index (χ4v) is 3.49. The van der Waals surface area contributed by atoms with Crippen LogP contribution in [0.2, 0.25) is 0 Å². The average Bonchev–Trinajstić information content (AvgIpc) is 3.08. The van der Waals surface area contributed by atoms with Crippen molar-refractivity contribution in [3.8, 4) is 5.75 Å². The monoisotopic (exact) mass is 415 g/mol. The summed E-state index contributed by atoms with van der Waals surface area (Å²) in [5.74, 6) is 0.871. The van der Waals surface area contributed by atoms with E-state index in [1.165, 1.54) is 30.3 Å². The molecule has 9 heteroatoms. The summed E-state index contributed by atoms with van der Waals surface area (Å²) >= 11 is 0. The third-order valence-corrected chi connectivity index (χ3v) is 5.44. The molecule has 29 heavy (non-hydrogen) atoms. The number of amides is 1. The van der Waals surface area contributed by atoms with Crippen molar-refractivity contribution in [3.63, 3.8) is 0 Å². The molecule has 1 heterocycles. The van der Waals surface area contributed by atoms with E-state index in [9.17, 15) is 13.2 Å². The second kappa shape index (κ2) is 8.36. The Morgan fingerprint density at radius 3 is 2.41 bits per heavy atom. The molecule has 0 bridgehead atoms. The number of hydrogen-bond acceptors (Lipinski definition) is 6. The van der Waals surface area contributed by atoms with E-state index in [1.54, 1.807) is 19.9 Å². The highest BCUT2D eigenvalue weighted by Crippen LogP contribution is 2.20. The van der Waals surface area contributed by atoms with E-state index in [1.807, 2.05) is 25.1 Å². The quantitative estimate of drug-likeness (QED) is 0.611. The highest BCUT2D eigenvalue weighted by Gasteiger charge is 2.18. The molecule has 2 N–H and O–H groups in total. The Morgan fingerprint density at radius 1 is 1.10 bits per heavy atom. The molecule has 0 spiro atoms. The zero-order valence-electron chi connectivity index (χ0n) is 16.2. The second-order valence-corrected chi connectivity index (χ2v) is 8.15. The fourth-order valence-electron chi connectivity index (χ4n) is 2.51. The van der Waals surface area contributed by atoms with Crippen molar-refractivity contribution >= 4 is 27.4 Å². The van der Waals surface area contributed by atoms with Crippen LogP contribution < -0.4 is 14.8 Å². The van der Waals surface area contributed by atoms with Crippen LogP contribution >= 0.6 is 0 Å². The molecule has 3 aromatic rings. The molecule has 8 nitrogen and oxygen atoms in total. The molecule has 1 amide bonds. The lowest BCUT2D eigenvalue weighted by molar-refractivity contribution is -0.122. The Balaban J connectivity index is 1.63. The molecule has 3 rings (SSSR count). The summed E-state index contributed by atoms with van der Waals surface area (Å²) in [5.41, 5.74) is 1.38. The lowest BCUT2D eigenvalue weighted by Crippen LogP contribution is -2.30. The van der Waals surface area contributed by atoms with E-state index in [0.717, 1.165) is 5.56 Å². The maximum Gasteiger partial charge on any atom is 0.265 e. The van der Waals surface area contributed by atoms with Gasteiger partial charge in [0, 0.05) is 11.8 Å². The Bertz CT molecular complexity index is 1110. The van der Waals surface area contributed by atoms with Crippen molar-refractivity contribution in [1.82, 2.24) is 5.16 Å². The number of nitrogens with zero attached hydrogens (tertiary/aromatic N) is 1. The summed E-state index contributed by atoms with van der Waals surface area (Å²) in [7, 11) is -3.82. The molecule has 0 aliphatic rings. The number of sulfonamides is 1. The number of carbonyl (C=O) groups is 1. The molecule has 0 saturated heterocycles. The summed E-state index contributed by atoms with van der Waals surface area (Å²) in [6.07, 6.45) is -0.725. The lowest BCUT2D eigenvalue weighted by Gasteiger charge is -2.16. The number of anilines is 2. The molecule has 0 radical (unpaired) electrons. The molecule has 1 aromatic heterocycles. The Hall–Kier alpha value is -3.33. The number of aryl methyl sites for hydroxylation is 2. The first-order valence-corrected chi connectivity index (χ1v) is 10.3. The van der Waals surface area contributed by atoms with Gasteiger partial charge in [-0.1, -0.05) is 23.4 Å². The summed E-state index contributed by atoms with van der Waals surface area (Å²) in [6.45, 7) is 5.20. The zero-order valence-corrected chi connectivity index (χ0v) is 17.0. The van der Waals surface area contributed by atoms with E-state index in [4.69, 9.17) is 9.26 Å². The van der Waals surface area contributed by atoms with Crippen LogP contribution in [0.3, 0.4) is 0 Å². The maximum atomic E-state index is 12.4. The fraction of sp³-hybridized carbons (Fsp3) is 0.200. The molecule has 0 saturated carbocycles. The normalized spacial score (nSPS) is 12.2. The Kier molecular flexibility index (Phi) is 5.88. The molecule has 0 aliphatic heterocycles. The minimum atomic E-state index is -3.82. The van der Waals surface area contributed by atoms with E-state index in [0.29, 0.717) is 17.2 Å². The predicted molar refractivity (Wildman–Crippen MR) is 108 cm³/mol. The van der Waals surface area contributed by atoms with Crippen LogP contribution in [0.15, 0.2) is 64.0 Å². The number of benzene rings is 2. The molecule has 1 atom stereocenters. The minimum Gasteiger partial charge on any atom is -0.481 e. The second-order valence-electron chi connectivity index (χ2n) is 6.47. The molecule has 0 fully saturated rings. The topological polar surface area (TPSA) is 111 Å². The number of nitrogens with one attached hydrogen (secondary N) is 2. The van der Waals surface area contributed by atoms with Gasteiger partial charge in [-0.15, -0.1) is 0 Å². The van der Waals surface area contributed by atoms with Crippen molar-refractivity contribution < 1.29 is 22.5 Å². The largest absolute Gasteiger partial charge is 0.481 e. The van der Waals surface area contributed by atoms with Gasteiger partial charge in [0.25, 0.3) is 15.9 Å². The first-order valence-electron chi connectivity index (χ1n) is 8.84. The summed E-state index contributed by atoms with van der Waals surface area (Å²) in [5, 5.41) is 6.31. The molecule has 2 aromatic carbocycles. The number of hydrogen-bond donors (Lipinski definition) is 2. The lowest BCUT2D eigenvalue weighted by atomic mass is 10.2. The van der Waals surface area contributed by atoms with Crippen LogP contribution in [-0.2, 0) is 14.8 Å². The van der Waals surface area contributed by atoms with Gasteiger partial charge in [-0.25, -0.2) is 8.42 Å². The predicted octanol–water partition coefficient (Wildman–Crippen LogP) is 3.50. The number of carbonyl (C=O) groups excluding carboxylic acids is 1. The van der Waals surface area contributed by atoms with E-state index >= 15 is 0 Å². The highest BCUT2D eigenvalue weighted by atomic mass is 32.2. The van der Waals surface area contributed by atoms with Gasteiger partial charge in [0.2, 0.25) is 0 Å². The molecular weight excluding hydrogens is 394 g/mol. The first kappa shape index (κ1) is 20.4. The van der Waals surface area contributed by atoms with Crippen LogP contribution in [0.4, 0.5) is 11.5 Å². The molecule has 152 valence electrons. The summed E-state index contributed by atoms with van der Waals surface area (Å²) in [6, 6.07) is 14.7. The summed E-state index contributed by atoms with van der Waals surface area (Å²) in [4.78, 5) is 12.4. The van der Waals surface area contributed by atoms with Crippen LogP contribution in [0.1, 0.15) is 18.2 Å². The molecule has 0 aliphatic carbocycles. The average molecular weight is 415 g/mol. The third-order valence-electron chi connectivity index (χ3n) is 4.07. The third kappa shape index (κ3) is 5.14. The van der Waals surface area contributed by atoms with E-state index in [-0.39, 0.29) is 16.6 Å². The van der Waals surface area contributed by atoms with Gasteiger partial charge in [0.1, 0.15) is 11.5 Å². The number of para-hydroxylation sites is 1. The van der Waals surface area contributed by atoms with Crippen LogP contribution in [0.5, 0.6) is 5.75 Å². The van der Waals surface area contributed by atoms with Gasteiger partial charge in [-0.05, 0) is 56.7 Å². The smallest absolute Gasteiger partial charge is 0.265 e. The van der Waals surface area contributed by atoms with Gasteiger partial charge < -0.3 is 14.6 Å². The van der Waals surface area contributed by atoms with Crippen molar-refractivity contribution in [2.75, 3.05) is 10.0 Å². The Labute approximate surface area is 168 Å². The van der Waals surface area contributed by atoms with Crippen LogP contribution in [-0.4, -0.2) is 25.6 Å². The Morgan fingerprint density at radius 2 is 1.79 bits per heavy atom. The standard InChI is InChI=1S/C20H21N3O5S/c1-13-6-4-5-7-18(13)27-15(3)20(24)21-16-8-10-17(11-9-16)29(25,26)23-19-12-14(2)28-22-19/h4-12,15H,1-3H3,(H,21,24)(H,22,23). The van der Waals surface area contributed by atoms with Crippen molar-refractivity contribution in [1.29, 1.82) is 0 Å². The number of ether oxygens (including phenoxy) is 1. The molecular formula is C20H21N3O5S. The van der Waals surface area contributed by atoms with Gasteiger partial charge >= 0.3 is 0 Å². The van der Waals surface area contributed by atoms with Crippen molar-refractivity contribution in [2.24, 2.45) is 0 Å². The molecule has 1 unspecified atom stereocenters. The van der Waals surface area contributed by atoms with Crippen LogP contribution in [0.25, 0.3) is 0 Å². The first-order chi connectivity index (χ1) is 13.7.